The maximum Gasteiger partial charge on any atom is 0.262 e. The van der Waals surface area contributed by atoms with E-state index in [1.54, 1.807) is 25.5 Å². The van der Waals surface area contributed by atoms with Crippen LogP contribution in [0.5, 0.6) is 11.5 Å². The van der Waals surface area contributed by atoms with Crippen LogP contribution in [-0.2, 0) is 11.2 Å². The standard InChI is InChI=1S/C23H20N2O4S/c1-28-17-12-19-21(20(13-17)29-2)23(26)25-22(24-19)16-6-4-5-15(11-16)14-7-9-18(10-8-14)30(3)27/h4-13H,1-3H3,(H,24,25,26). The van der Waals surface area contributed by atoms with Gasteiger partial charge in [-0.25, -0.2) is 4.98 Å². The number of aromatic nitrogens is 2. The minimum Gasteiger partial charge on any atom is -0.612 e. The fourth-order valence-electron chi connectivity index (χ4n) is 3.31. The second kappa shape index (κ2) is 8.22. The Labute approximate surface area is 176 Å². The second-order valence-electron chi connectivity index (χ2n) is 6.70. The van der Waals surface area contributed by atoms with Crippen molar-refractivity contribution in [2.45, 2.75) is 4.90 Å². The Balaban J connectivity index is 1.81. The average molecular weight is 420 g/mol. The lowest BCUT2D eigenvalue weighted by atomic mass is 10.0. The van der Waals surface area contributed by atoms with Gasteiger partial charge in [0, 0.05) is 17.7 Å². The Kier molecular flexibility index (Phi) is 5.48. The molecule has 0 fully saturated rings. The van der Waals surface area contributed by atoms with Crippen molar-refractivity contribution < 1.29 is 14.0 Å². The van der Waals surface area contributed by atoms with E-state index in [1.807, 2.05) is 48.5 Å². The first kappa shape index (κ1) is 20.0. The molecule has 4 rings (SSSR count). The average Bonchev–Trinajstić information content (AvgIpc) is 2.78. The third-order valence-corrected chi connectivity index (χ3v) is 5.79. The van der Waals surface area contributed by atoms with Crippen LogP contribution < -0.4 is 15.0 Å². The van der Waals surface area contributed by atoms with Gasteiger partial charge in [-0.05, 0) is 52.6 Å². The molecule has 152 valence electrons. The molecule has 0 saturated carbocycles. The molecule has 6 nitrogen and oxygen atoms in total. The quantitative estimate of drug-likeness (QED) is 0.493. The van der Waals surface area contributed by atoms with Crippen LogP contribution in [0.3, 0.4) is 0 Å². The van der Waals surface area contributed by atoms with Crippen LogP contribution >= 0.6 is 0 Å². The summed E-state index contributed by atoms with van der Waals surface area (Å²) in [6.45, 7) is 0. The van der Waals surface area contributed by atoms with Gasteiger partial charge >= 0.3 is 0 Å². The number of ether oxygens (including phenoxy) is 2. The molecule has 0 bridgehead atoms. The van der Waals surface area contributed by atoms with Crippen molar-refractivity contribution in [1.29, 1.82) is 0 Å². The van der Waals surface area contributed by atoms with Crippen molar-refractivity contribution in [3.05, 3.63) is 71.0 Å². The number of fused-ring (bicyclic) bond motifs is 1. The zero-order chi connectivity index (χ0) is 21.3. The molecule has 1 heterocycles. The zero-order valence-electron chi connectivity index (χ0n) is 16.8. The molecular weight excluding hydrogens is 400 g/mol. The first-order valence-electron chi connectivity index (χ1n) is 9.20. The Morgan fingerprint density at radius 1 is 0.933 bits per heavy atom. The molecule has 1 N–H and O–H groups in total. The monoisotopic (exact) mass is 420 g/mol. The molecular formula is C23H20N2O4S. The normalized spacial score (nSPS) is 12.0. The molecule has 0 aliphatic carbocycles. The molecule has 0 aliphatic rings. The predicted molar refractivity (Wildman–Crippen MR) is 119 cm³/mol. The first-order chi connectivity index (χ1) is 14.5. The number of aromatic amines is 1. The lowest BCUT2D eigenvalue weighted by molar-refractivity contribution is 0.397. The summed E-state index contributed by atoms with van der Waals surface area (Å²) in [5.41, 5.74) is 2.93. The lowest BCUT2D eigenvalue weighted by Gasteiger charge is -2.10. The van der Waals surface area contributed by atoms with E-state index in [0.717, 1.165) is 21.6 Å². The molecule has 7 heteroatoms. The van der Waals surface area contributed by atoms with Gasteiger partial charge in [0.1, 0.15) is 29.0 Å². The van der Waals surface area contributed by atoms with Crippen molar-refractivity contribution in [2.75, 3.05) is 20.5 Å². The number of nitrogens with zero attached hydrogens (tertiary/aromatic N) is 1. The van der Waals surface area contributed by atoms with E-state index in [1.165, 1.54) is 7.11 Å². The van der Waals surface area contributed by atoms with E-state index in [-0.39, 0.29) is 5.56 Å². The summed E-state index contributed by atoms with van der Waals surface area (Å²) in [5.74, 6) is 1.42. The van der Waals surface area contributed by atoms with Crippen LogP contribution in [-0.4, -0.2) is 35.0 Å². The minimum absolute atomic E-state index is 0.283. The van der Waals surface area contributed by atoms with Crippen LogP contribution in [0.15, 0.2) is 70.4 Å². The van der Waals surface area contributed by atoms with Crippen LogP contribution in [0.1, 0.15) is 0 Å². The number of rotatable bonds is 5. The van der Waals surface area contributed by atoms with Crippen LogP contribution in [0.25, 0.3) is 33.4 Å². The summed E-state index contributed by atoms with van der Waals surface area (Å²) >= 11 is -1.02. The summed E-state index contributed by atoms with van der Waals surface area (Å²) in [5, 5.41) is 0.376. The van der Waals surface area contributed by atoms with E-state index >= 15 is 0 Å². The van der Waals surface area contributed by atoms with E-state index < -0.39 is 11.2 Å². The van der Waals surface area contributed by atoms with Gasteiger partial charge in [0.05, 0.1) is 19.7 Å². The molecule has 0 spiro atoms. The van der Waals surface area contributed by atoms with Gasteiger partial charge in [0.25, 0.3) is 5.56 Å². The van der Waals surface area contributed by atoms with Gasteiger partial charge < -0.3 is 19.0 Å². The fourth-order valence-corrected chi connectivity index (χ4v) is 3.83. The Morgan fingerprint density at radius 2 is 1.67 bits per heavy atom. The Hall–Kier alpha value is -3.29. The van der Waals surface area contributed by atoms with Gasteiger partial charge in [-0.1, -0.05) is 18.2 Å². The highest BCUT2D eigenvalue weighted by Crippen LogP contribution is 2.30. The minimum atomic E-state index is -1.02. The molecule has 1 atom stereocenters. The summed E-state index contributed by atoms with van der Waals surface area (Å²) in [6, 6.07) is 18.7. The van der Waals surface area contributed by atoms with E-state index in [9.17, 15) is 9.35 Å². The van der Waals surface area contributed by atoms with Gasteiger partial charge in [-0.15, -0.1) is 0 Å². The zero-order valence-corrected chi connectivity index (χ0v) is 17.6. The molecule has 0 amide bonds. The number of nitrogens with one attached hydrogen (secondary N) is 1. The summed E-state index contributed by atoms with van der Waals surface area (Å²) in [6.07, 6.45) is 1.65. The third-order valence-electron chi connectivity index (χ3n) is 4.86. The largest absolute Gasteiger partial charge is 0.612 e. The highest BCUT2D eigenvalue weighted by Gasteiger charge is 2.13. The Bertz CT molecular complexity index is 1270. The lowest BCUT2D eigenvalue weighted by Crippen LogP contribution is -2.11. The molecule has 0 saturated heterocycles. The molecule has 30 heavy (non-hydrogen) atoms. The van der Waals surface area contributed by atoms with Crippen molar-refractivity contribution in [1.82, 2.24) is 9.97 Å². The predicted octanol–water partition coefficient (Wildman–Crippen LogP) is 4.01. The molecule has 0 aliphatic heterocycles. The molecule has 1 unspecified atom stereocenters. The van der Waals surface area contributed by atoms with Crippen molar-refractivity contribution in [2.24, 2.45) is 0 Å². The Morgan fingerprint density at radius 3 is 2.33 bits per heavy atom. The number of hydrogen-bond acceptors (Lipinski definition) is 5. The number of benzene rings is 3. The number of methoxy groups -OCH3 is 2. The number of hydrogen-bond donors (Lipinski definition) is 1. The summed E-state index contributed by atoms with van der Waals surface area (Å²) < 4.78 is 22.3. The first-order valence-corrected chi connectivity index (χ1v) is 10.8. The maximum atomic E-state index is 12.8. The summed E-state index contributed by atoms with van der Waals surface area (Å²) in [7, 11) is 3.06. The molecule has 0 radical (unpaired) electrons. The van der Waals surface area contributed by atoms with Crippen LogP contribution in [0.4, 0.5) is 0 Å². The second-order valence-corrected chi connectivity index (χ2v) is 8.08. The SMILES string of the molecule is COc1cc(OC)c2c(=O)[nH]c(-c3cccc(-c4ccc([S+](C)[O-])cc4)c3)nc2c1. The van der Waals surface area contributed by atoms with Crippen LogP contribution in [0.2, 0.25) is 0 Å². The van der Waals surface area contributed by atoms with E-state index in [2.05, 4.69) is 9.97 Å². The van der Waals surface area contributed by atoms with E-state index in [0.29, 0.717) is 28.2 Å². The van der Waals surface area contributed by atoms with Gasteiger partial charge in [0.15, 0.2) is 4.90 Å². The fraction of sp³-hybridized carbons (Fsp3) is 0.130. The van der Waals surface area contributed by atoms with Crippen molar-refractivity contribution >= 4 is 22.1 Å². The van der Waals surface area contributed by atoms with Gasteiger partial charge in [-0.2, -0.15) is 0 Å². The van der Waals surface area contributed by atoms with Gasteiger partial charge in [-0.3, -0.25) is 4.79 Å². The molecule has 4 aromatic rings. The van der Waals surface area contributed by atoms with Crippen LogP contribution in [0, 0.1) is 0 Å². The number of H-pyrrole nitrogens is 1. The highest BCUT2D eigenvalue weighted by molar-refractivity contribution is 7.90. The highest BCUT2D eigenvalue weighted by atomic mass is 32.2. The van der Waals surface area contributed by atoms with Crippen molar-refractivity contribution in [3.8, 4) is 34.0 Å². The maximum absolute atomic E-state index is 12.8. The van der Waals surface area contributed by atoms with E-state index in [4.69, 9.17) is 9.47 Å². The van der Waals surface area contributed by atoms with Crippen molar-refractivity contribution in [3.63, 3.8) is 0 Å². The third kappa shape index (κ3) is 3.77. The summed E-state index contributed by atoms with van der Waals surface area (Å²) in [4.78, 5) is 21.0. The molecule has 3 aromatic carbocycles. The topological polar surface area (TPSA) is 87.3 Å². The van der Waals surface area contributed by atoms with Gasteiger partial charge in [0.2, 0.25) is 0 Å². The smallest absolute Gasteiger partial charge is 0.262 e. The molecule has 1 aromatic heterocycles.